The molecule has 8 aliphatic heterocycles. The van der Waals surface area contributed by atoms with Crippen molar-refractivity contribution in [1.29, 1.82) is 0 Å². The fourth-order valence-corrected chi connectivity index (χ4v) is 19.4. The fourth-order valence-electron chi connectivity index (χ4n) is 15.7. The van der Waals surface area contributed by atoms with Gasteiger partial charge >= 0.3 is 6.09 Å². The van der Waals surface area contributed by atoms with E-state index in [2.05, 4.69) is 129 Å². The van der Waals surface area contributed by atoms with Gasteiger partial charge in [0, 0.05) is 290 Å². The second-order valence-electron chi connectivity index (χ2n) is 30.6. The highest BCUT2D eigenvalue weighted by atomic mass is 32.1. The number of ether oxygens (including phenoxy) is 1. The molecule has 6 N–H and O–H groups in total. The zero-order valence-corrected chi connectivity index (χ0v) is 69.6. The molecule has 8 aromatic rings. The van der Waals surface area contributed by atoms with Gasteiger partial charge in [-0.3, -0.25) is 48.5 Å². The van der Waals surface area contributed by atoms with E-state index < -0.39 is 5.60 Å². The molecule has 108 heavy (non-hydrogen) atoms. The van der Waals surface area contributed by atoms with Gasteiger partial charge in [0.05, 0.1) is 69.8 Å². The average Bonchev–Trinajstić information content (AvgIpc) is 1.64. The van der Waals surface area contributed by atoms with Crippen molar-refractivity contribution < 1.29 is 9.53 Å². The Hall–Kier alpha value is -7.25. The Labute approximate surface area is 654 Å². The molecule has 0 atom stereocenters. The van der Waals surface area contributed by atoms with E-state index in [9.17, 15) is 4.79 Å². The number of anilines is 8. The summed E-state index contributed by atoms with van der Waals surface area (Å²) in [5.41, 5.74) is 8.52. The van der Waals surface area contributed by atoms with Crippen LogP contribution in [0.25, 0.3) is 45.0 Å². The Morgan fingerprint density at radius 2 is 0.759 bits per heavy atom. The highest BCUT2D eigenvalue weighted by Gasteiger charge is 2.34. The van der Waals surface area contributed by atoms with Crippen LogP contribution in [0.5, 0.6) is 0 Å². The van der Waals surface area contributed by atoms with Crippen molar-refractivity contribution in [2.45, 2.75) is 91.8 Å². The number of piperazine rings is 4. The van der Waals surface area contributed by atoms with E-state index in [0.717, 1.165) is 210 Å². The lowest BCUT2D eigenvalue weighted by molar-refractivity contribution is 0.0147. The zero-order chi connectivity index (χ0) is 75.8. The van der Waals surface area contributed by atoms with Crippen LogP contribution in [0.2, 0.25) is 0 Å². The zero-order valence-electron chi connectivity index (χ0n) is 66.4. The van der Waals surface area contributed by atoms with Gasteiger partial charge in [0.15, 0.2) is 20.5 Å². The first kappa shape index (κ1) is 78.9. The van der Waals surface area contributed by atoms with Gasteiger partial charge in [0.1, 0.15) is 28.9 Å². The van der Waals surface area contributed by atoms with Crippen LogP contribution in [0, 0.1) is 0 Å². The number of H-pyrrole nitrogens is 1. The third-order valence-electron chi connectivity index (χ3n) is 21.9. The van der Waals surface area contributed by atoms with Crippen LogP contribution >= 0.6 is 45.3 Å². The predicted octanol–water partition coefficient (Wildman–Crippen LogP) is 7.29. The summed E-state index contributed by atoms with van der Waals surface area (Å²) in [6.07, 6.45) is 11.7. The third-order valence-corrected chi connectivity index (χ3v) is 26.4. The van der Waals surface area contributed by atoms with Gasteiger partial charge in [-0.25, -0.2) is 24.7 Å². The predicted molar refractivity (Wildman–Crippen MR) is 444 cm³/mol. The molecule has 4 fully saturated rings. The first-order valence-corrected chi connectivity index (χ1v) is 42.4. The summed E-state index contributed by atoms with van der Waals surface area (Å²) >= 11 is 7.03. The van der Waals surface area contributed by atoms with Crippen LogP contribution in [0.1, 0.15) is 68.0 Å². The van der Waals surface area contributed by atoms with Crippen molar-refractivity contribution >= 4 is 95.2 Å². The number of amides is 1. The number of nitrogens with zero attached hydrogens (tertiary/aromatic N) is 22. The maximum atomic E-state index is 12.3. The molecule has 30 nitrogen and oxygen atoms in total. The molecule has 0 bridgehead atoms. The molecule has 0 aliphatic carbocycles. The van der Waals surface area contributed by atoms with Gasteiger partial charge in [-0.1, -0.05) is 0 Å². The molecule has 0 spiro atoms. The molecular weight excluding hydrogens is 1440 g/mol. The van der Waals surface area contributed by atoms with Crippen molar-refractivity contribution in [3.63, 3.8) is 0 Å². The molecular formula is C74H118N28O2S4. The van der Waals surface area contributed by atoms with E-state index in [1.54, 1.807) is 45.3 Å². The minimum atomic E-state index is -0.452. The quantitative estimate of drug-likeness (QED) is 0.0493. The molecule has 1 amide bonds. The first-order chi connectivity index (χ1) is 52.2. The van der Waals surface area contributed by atoms with Gasteiger partial charge in [-0.05, 0) is 48.5 Å². The van der Waals surface area contributed by atoms with E-state index in [-0.39, 0.29) is 6.09 Å². The van der Waals surface area contributed by atoms with Crippen LogP contribution in [0.15, 0.2) is 24.8 Å². The van der Waals surface area contributed by atoms with Crippen molar-refractivity contribution in [2.24, 2.45) is 21.1 Å². The molecule has 590 valence electrons. The molecule has 16 rings (SSSR count). The molecule has 0 radical (unpaired) electrons. The first-order valence-electron chi connectivity index (χ1n) is 39.1. The third kappa shape index (κ3) is 18.7. The van der Waals surface area contributed by atoms with E-state index in [4.69, 9.17) is 24.7 Å². The van der Waals surface area contributed by atoms with Crippen LogP contribution in [0.4, 0.5) is 48.6 Å². The van der Waals surface area contributed by atoms with Gasteiger partial charge in [-0.2, -0.15) is 20.4 Å². The van der Waals surface area contributed by atoms with Gasteiger partial charge < -0.3 is 55.8 Å². The Bertz CT molecular complexity index is 4180. The van der Waals surface area contributed by atoms with Crippen LogP contribution < -0.4 is 46.2 Å². The SMILES string of the molecule is CNc1nc2c(s1)CCN(CCN1CCN(C(=O)OC(C)(C)C)CC1)c1c-2cnn1C.CNc1nc2c(s1)CCN(CCN1CCN(C(C)C)CC1)c1[nH]ncc1-2.CNc1nc2c(s1)CCN(CCN1CCN(C(C)C)CC1)c1c-2cnn1C.CNc1nc2c(s1)CCN(CCN1CCNCC1)c1c-2cnn1C. The van der Waals surface area contributed by atoms with E-state index in [1.807, 2.05) is 114 Å². The van der Waals surface area contributed by atoms with Crippen LogP contribution in [0.3, 0.4) is 0 Å². The number of carbonyl (C=O) groups excluding carboxylic acids is 1. The van der Waals surface area contributed by atoms with Crippen molar-refractivity contribution in [3.8, 4) is 45.0 Å². The maximum absolute atomic E-state index is 12.3. The summed E-state index contributed by atoms with van der Waals surface area (Å²) in [6, 6.07) is 1.31. The second-order valence-corrected chi connectivity index (χ2v) is 34.9. The van der Waals surface area contributed by atoms with Crippen molar-refractivity contribution in [1.82, 2.24) is 99.1 Å². The summed E-state index contributed by atoms with van der Waals surface area (Å²) in [4.78, 5) is 63.8. The number of carbonyl (C=O) groups is 1. The Morgan fingerprint density at radius 1 is 0.435 bits per heavy atom. The molecule has 4 saturated heterocycles. The van der Waals surface area contributed by atoms with E-state index in [1.165, 1.54) is 94.6 Å². The normalized spacial score (nSPS) is 18.1. The number of fused-ring (bicyclic) bond motifs is 12. The number of nitrogens with one attached hydrogen (secondary N) is 6. The largest absolute Gasteiger partial charge is 0.444 e. The number of rotatable bonds is 18. The maximum Gasteiger partial charge on any atom is 0.410 e. The summed E-state index contributed by atoms with van der Waals surface area (Å²) in [7, 11) is 13.8. The van der Waals surface area contributed by atoms with E-state index in [0.29, 0.717) is 25.2 Å². The fraction of sp³-hybridized carbons (Fsp3) is 0.662. The lowest BCUT2D eigenvalue weighted by atomic mass is 10.2. The second kappa shape index (κ2) is 35.8. The van der Waals surface area contributed by atoms with Crippen molar-refractivity contribution in [3.05, 3.63) is 44.3 Å². The Morgan fingerprint density at radius 3 is 1.10 bits per heavy atom. The monoisotopic (exact) mass is 1560 g/mol. The summed E-state index contributed by atoms with van der Waals surface area (Å²) in [5, 5.41) is 41.2. The summed E-state index contributed by atoms with van der Waals surface area (Å²) < 4.78 is 11.5. The van der Waals surface area contributed by atoms with Gasteiger partial charge in [0.25, 0.3) is 0 Å². The molecule has 16 heterocycles. The number of aromatic amines is 1. The number of aryl methyl sites for hydroxylation is 3. The topological polar surface area (TPSA) is 256 Å². The molecule has 8 aliphatic rings. The smallest absolute Gasteiger partial charge is 0.410 e. The number of thiazole rings is 4. The lowest BCUT2D eigenvalue weighted by Gasteiger charge is -2.38. The van der Waals surface area contributed by atoms with Gasteiger partial charge in [-0.15, -0.1) is 45.3 Å². The van der Waals surface area contributed by atoms with Crippen molar-refractivity contribution in [2.75, 3.05) is 252 Å². The highest BCUT2D eigenvalue weighted by Crippen LogP contribution is 2.44. The highest BCUT2D eigenvalue weighted by molar-refractivity contribution is 7.17. The Kier molecular flexibility index (Phi) is 26.2. The minimum absolute atomic E-state index is 0.209. The standard InChI is InChI=1S/C21H33N7O2S.C19H31N7S.C18H29N7S.C16H25N7S/c1-21(2,3)30-20(29)28-12-9-26(10-13-28)8-11-27-7-6-16-17(24-19(22-4)31-16)15-14-23-25(5)18(15)27;1-14(2)25-10-7-24(8-11-25)9-12-26-6-5-16-17(22-19(20-3)27-16)15-13-21-23(4)18(15)26;1-13(2)24-9-6-23(7-10-24)8-11-25-5-4-15-16(21-18(19-3)26-15)14-12-20-22-17(14)25;1-17-16-20-14-12-11-19-21(2)15(12)23(6-3-13(14)24-16)10-9-22-7-4-18-5-8-22/h14H,6-13H2,1-5H3,(H,22,24);13-14H,5-12H2,1-4H3,(H,20,22);12-13H,4-11H2,1-3H3,(H,19,21)(H,20,22);11,18H,3-10H2,1-2H3,(H,17,20). The molecule has 34 heteroatoms. The van der Waals surface area contributed by atoms with E-state index >= 15 is 0 Å². The lowest BCUT2D eigenvalue weighted by Crippen LogP contribution is -2.51. The van der Waals surface area contributed by atoms with Gasteiger partial charge in [0.2, 0.25) is 0 Å². The number of aromatic nitrogens is 12. The Balaban J connectivity index is 0.000000127. The molecule has 8 aromatic heterocycles. The summed E-state index contributed by atoms with van der Waals surface area (Å²) in [6.45, 7) is 44.3. The average molecular weight is 1560 g/mol. The summed E-state index contributed by atoms with van der Waals surface area (Å²) in [5.74, 6) is 4.68. The van der Waals surface area contributed by atoms with Crippen LogP contribution in [-0.4, -0.2) is 329 Å². The molecule has 0 aromatic carbocycles. The molecule has 0 unspecified atom stereocenters. The molecule has 0 saturated carbocycles. The number of hydrogen-bond donors (Lipinski definition) is 6. The minimum Gasteiger partial charge on any atom is -0.444 e. The number of hydrogen-bond acceptors (Lipinski definition) is 29. The van der Waals surface area contributed by atoms with Crippen LogP contribution in [-0.2, 0) is 51.6 Å².